The molecule has 1 aromatic rings. The van der Waals surface area contributed by atoms with E-state index in [1.807, 2.05) is 6.20 Å². The first-order valence-corrected chi connectivity index (χ1v) is 6.86. The average Bonchev–Trinajstić information content (AvgIpc) is 2.76. The summed E-state index contributed by atoms with van der Waals surface area (Å²) in [7, 11) is 0. The van der Waals surface area contributed by atoms with Gasteiger partial charge in [-0.25, -0.2) is 0 Å². The van der Waals surface area contributed by atoms with E-state index >= 15 is 0 Å². The lowest BCUT2D eigenvalue weighted by atomic mass is 10.00. The number of rotatable bonds is 6. The topological polar surface area (TPSA) is 82.2 Å². The molecule has 2 heterocycles. The zero-order chi connectivity index (χ0) is 13.7. The van der Waals surface area contributed by atoms with Gasteiger partial charge in [0.25, 0.3) is 0 Å². The molecule has 106 valence electrons. The van der Waals surface area contributed by atoms with Gasteiger partial charge in [-0.2, -0.15) is 5.10 Å². The fraction of sp³-hybridized carbons (Fsp3) is 0.692. The molecule has 0 spiro atoms. The Balaban J connectivity index is 1.86. The van der Waals surface area contributed by atoms with Gasteiger partial charge >= 0.3 is 0 Å². The molecule has 19 heavy (non-hydrogen) atoms. The highest BCUT2D eigenvalue weighted by molar-refractivity contribution is 5.73. The summed E-state index contributed by atoms with van der Waals surface area (Å²) in [5.41, 5.74) is 6.07. The Morgan fingerprint density at radius 2 is 2.53 bits per heavy atom. The molecule has 1 amide bonds. The van der Waals surface area contributed by atoms with Gasteiger partial charge in [-0.15, -0.1) is 0 Å². The van der Waals surface area contributed by atoms with Gasteiger partial charge in [-0.05, 0) is 19.3 Å². The summed E-state index contributed by atoms with van der Waals surface area (Å²) in [6.07, 6.45) is 8.18. The third-order valence-electron chi connectivity index (χ3n) is 3.30. The van der Waals surface area contributed by atoms with Crippen molar-refractivity contribution in [3.8, 4) is 0 Å². The molecule has 2 unspecified atom stereocenters. The van der Waals surface area contributed by atoms with Gasteiger partial charge < -0.3 is 15.8 Å². The van der Waals surface area contributed by atoms with E-state index in [1.165, 1.54) is 0 Å². The lowest BCUT2D eigenvalue weighted by Crippen LogP contribution is -2.33. The smallest absolute Gasteiger partial charge is 0.239 e. The maximum Gasteiger partial charge on any atom is 0.239 e. The molecular formula is C13H22N4O2. The second-order valence-corrected chi connectivity index (χ2v) is 5.04. The van der Waals surface area contributed by atoms with Gasteiger partial charge in [0.15, 0.2) is 0 Å². The van der Waals surface area contributed by atoms with Crippen LogP contribution in [0.15, 0.2) is 12.4 Å². The third kappa shape index (κ3) is 4.24. The molecule has 0 aliphatic carbocycles. The number of anilines is 1. The number of aromatic nitrogens is 2. The van der Waals surface area contributed by atoms with E-state index in [9.17, 15) is 4.79 Å². The van der Waals surface area contributed by atoms with Gasteiger partial charge in [0.05, 0.1) is 18.0 Å². The van der Waals surface area contributed by atoms with Gasteiger partial charge in [0.1, 0.15) is 6.54 Å². The van der Waals surface area contributed by atoms with E-state index in [0.717, 1.165) is 38.0 Å². The van der Waals surface area contributed by atoms with Crippen molar-refractivity contribution in [2.45, 2.75) is 51.3 Å². The van der Waals surface area contributed by atoms with E-state index in [2.05, 4.69) is 17.3 Å². The van der Waals surface area contributed by atoms with Crippen LogP contribution in [0.25, 0.3) is 0 Å². The van der Waals surface area contributed by atoms with Crippen LogP contribution in [0.3, 0.4) is 0 Å². The van der Waals surface area contributed by atoms with Crippen molar-refractivity contribution in [3.05, 3.63) is 12.4 Å². The maximum atomic E-state index is 10.8. The molecule has 0 radical (unpaired) electrons. The van der Waals surface area contributed by atoms with Crippen molar-refractivity contribution in [2.24, 2.45) is 5.73 Å². The highest BCUT2D eigenvalue weighted by atomic mass is 16.5. The number of carbonyl (C=O) groups excluding carboxylic acids is 1. The van der Waals surface area contributed by atoms with Crippen LogP contribution in [-0.4, -0.2) is 34.4 Å². The minimum absolute atomic E-state index is 0.119. The summed E-state index contributed by atoms with van der Waals surface area (Å²) < 4.78 is 7.27. The standard InChI is InChI=1S/C13H22N4O2/c1-2-3-12-6-10(4-5-19-12)16-11-7-15-17(8-11)9-13(14)18/h7-8,10,12,16H,2-6,9H2,1H3,(H2,14,18). The van der Waals surface area contributed by atoms with Crippen LogP contribution in [0.4, 0.5) is 5.69 Å². The van der Waals surface area contributed by atoms with Crippen LogP contribution in [0, 0.1) is 0 Å². The summed E-state index contributed by atoms with van der Waals surface area (Å²) in [6, 6.07) is 0.413. The Kier molecular flexibility index (Phi) is 4.79. The van der Waals surface area contributed by atoms with Crippen LogP contribution in [0.5, 0.6) is 0 Å². The zero-order valence-electron chi connectivity index (χ0n) is 11.3. The summed E-state index contributed by atoms with van der Waals surface area (Å²) >= 11 is 0. The van der Waals surface area contributed by atoms with Crippen molar-refractivity contribution in [1.82, 2.24) is 9.78 Å². The SMILES string of the molecule is CCCC1CC(Nc2cnn(CC(N)=O)c2)CCO1. The summed E-state index contributed by atoms with van der Waals surface area (Å²) in [6.45, 7) is 3.10. The minimum Gasteiger partial charge on any atom is -0.380 e. The third-order valence-corrected chi connectivity index (χ3v) is 3.30. The Labute approximate surface area is 113 Å². The van der Waals surface area contributed by atoms with E-state index in [0.29, 0.717) is 12.1 Å². The first-order chi connectivity index (χ1) is 9.17. The van der Waals surface area contributed by atoms with Crippen molar-refractivity contribution < 1.29 is 9.53 Å². The van der Waals surface area contributed by atoms with Gasteiger partial charge in [0, 0.05) is 18.8 Å². The quantitative estimate of drug-likeness (QED) is 0.808. The number of hydrogen-bond donors (Lipinski definition) is 2. The molecular weight excluding hydrogens is 244 g/mol. The summed E-state index contributed by atoms with van der Waals surface area (Å²) in [4.78, 5) is 10.8. The number of nitrogens with two attached hydrogens (primary N) is 1. The van der Waals surface area contributed by atoms with Crippen LogP contribution in [0.1, 0.15) is 32.6 Å². The largest absolute Gasteiger partial charge is 0.380 e. The van der Waals surface area contributed by atoms with Crippen LogP contribution >= 0.6 is 0 Å². The number of nitrogens with one attached hydrogen (secondary N) is 1. The van der Waals surface area contributed by atoms with E-state index in [4.69, 9.17) is 10.5 Å². The minimum atomic E-state index is -0.385. The fourth-order valence-electron chi connectivity index (χ4n) is 2.45. The highest BCUT2D eigenvalue weighted by Gasteiger charge is 2.22. The Morgan fingerprint density at radius 3 is 3.26 bits per heavy atom. The Bertz CT molecular complexity index is 417. The van der Waals surface area contributed by atoms with Gasteiger partial charge in [-0.1, -0.05) is 13.3 Å². The van der Waals surface area contributed by atoms with Crippen molar-refractivity contribution >= 4 is 11.6 Å². The first kappa shape index (κ1) is 13.9. The molecule has 1 saturated heterocycles. The Morgan fingerprint density at radius 1 is 1.68 bits per heavy atom. The molecule has 0 saturated carbocycles. The zero-order valence-corrected chi connectivity index (χ0v) is 11.3. The molecule has 1 aromatic heterocycles. The maximum absolute atomic E-state index is 10.8. The number of ether oxygens (including phenoxy) is 1. The predicted molar refractivity (Wildman–Crippen MR) is 72.7 cm³/mol. The average molecular weight is 266 g/mol. The number of nitrogens with zero attached hydrogens (tertiary/aromatic N) is 2. The van der Waals surface area contributed by atoms with E-state index in [-0.39, 0.29) is 12.5 Å². The molecule has 1 aliphatic rings. The fourth-order valence-corrected chi connectivity index (χ4v) is 2.45. The summed E-state index contributed by atoms with van der Waals surface area (Å²) in [5.74, 6) is -0.385. The summed E-state index contributed by atoms with van der Waals surface area (Å²) in [5, 5.41) is 7.55. The second kappa shape index (κ2) is 6.56. The lowest BCUT2D eigenvalue weighted by Gasteiger charge is -2.30. The lowest BCUT2D eigenvalue weighted by molar-refractivity contribution is -0.118. The normalized spacial score (nSPS) is 23.2. The van der Waals surface area contributed by atoms with Crippen molar-refractivity contribution in [2.75, 3.05) is 11.9 Å². The van der Waals surface area contributed by atoms with Crippen LogP contribution in [0.2, 0.25) is 0 Å². The Hall–Kier alpha value is -1.56. The second-order valence-electron chi connectivity index (χ2n) is 5.04. The molecule has 2 atom stereocenters. The number of primary amides is 1. The number of amides is 1. The molecule has 1 aliphatic heterocycles. The molecule has 0 bridgehead atoms. The molecule has 1 fully saturated rings. The number of carbonyl (C=O) groups is 1. The molecule has 3 N–H and O–H groups in total. The molecule has 2 rings (SSSR count). The molecule has 6 heteroatoms. The molecule has 0 aromatic carbocycles. The molecule has 6 nitrogen and oxygen atoms in total. The predicted octanol–water partition coefficient (Wildman–Crippen LogP) is 1.13. The van der Waals surface area contributed by atoms with E-state index < -0.39 is 0 Å². The van der Waals surface area contributed by atoms with Crippen LogP contribution in [-0.2, 0) is 16.1 Å². The van der Waals surface area contributed by atoms with Crippen molar-refractivity contribution in [1.29, 1.82) is 0 Å². The van der Waals surface area contributed by atoms with E-state index in [1.54, 1.807) is 10.9 Å². The monoisotopic (exact) mass is 266 g/mol. The van der Waals surface area contributed by atoms with Crippen LogP contribution < -0.4 is 11.1 Å². The highest BCUT2D eigenvalue weighted by Crippen LogP contribution is 2.21. The number of hydrogen-bond acceptors (Lipinski definition) is 4. The first-order valence-electron chi connectivity index (χ1n) is 6.86. The van der Waals surface area contributed by atoms with Gasteiger partial charge in [-0.3, -0.25) is 9.48 Å². The van der Waals surface area contributed by atoms with Crippen molar-refractivity contribution in [3.63, 3.8) is 0 Å². The van der Waals surface area contributed by atoms with Gasteiger partial charge in [0.2, 0.25) is 5.91 Å².